The molecule has 0 aromatic heterocycles. The zero-order valence-corrected chi connectivity index (χ0v) is 11.6. The minimum atomic E-state index is -3.58. The van der Waals surface area contributed by atoms with Gasteiger partial charge in [0, 0.05) is 18.7 Å². The van der Waals surface area contributed by atoms with E-state index in [1.165, 1.54) is 29.4 Å². The Morgan fingerprint density at radius 1 is 1.28 bits per heavy atom. The summed E-state index contributed by atoms with van der Waals surface area (Å²) in [6, 6.07) is 4.35. The van der Waals surface area contributed by atoms with Gasteiger partial charge in [-0.05, 0) is 38.0 Å². The minimum Gasteiger partial charge on any atom is -0.295 e. The monoisotopic (exact) mass is 287 g/mol. The molecule has 4 nitrogen and oxygen atoms in total. The molecule has 0 radical (unpaired) electrons. The lowest BCUT2D eigenvalue weighted by atomic mass is 10.1. The van der Waals surface area contributed by atoms with Gasteiger partial charge in [-0.25, -0.2) is 8.42 Å². The summed E-state index contributed by atoms with van der Waals surface area (Å²) in [4.78, 5) is 11.3. The predicted octanol–water partition coefficient (Wildman–Crippen LogP) is 2.33. The van der Waals surface area contributed by atoms with Crippen LogP contribution in [0.1, 0.15) is 30.1 Å². The van der Waals surface area contributed by atoms with Crippen LogP contribution in [0.4, 0.5) is 0 Å². The maximum Gasteiger partial charge on any atom is 0.244 e. The lowest BCUT2D eigenvalue weighted by Gasteiger charge is -2.16. The van der Waals surface area contributed by atoms with Gasteiger partial charge in [-0.1, -0.05) is 11.6 Å². The van der Waals surface area contributed by atoms with Crippen LogP contribution in [0.25, 0.3) is 0 Å². The first-order chi connectivity index (χ1) is 8.43. The zero-order chi connectivity index (χ0) is 13.3. The van der Waals surface area contributed by atoms with Crippen LogP contribution in [0.15, 0.2) is 23.1 Å². The molecule has 1 aromatic rings. The predicted molar refractivity (Wildman–Crippen MR) is 69.4 cm³/mol. The summed E-state index contributed by atoms with van der Waals surface area (Å²) in [6.45, 7) is 2.43. The van der Waals surface area contributed by atoms with Gasteiger partial charge in [0.05, 0.1) is 5.02 Å². The van der Waals surface area contributed by atoms with Gasteiger partial charge in [0.25, 0.3) is 0 Å². The molecule has 0 amide bonds. The van der Waals surface area contributed by atoms with Gasteiger partial charge in [0.15, 0.2) is 5.78 Å². The average Bonchev–Trinajstić information content (AvgIpc) is 2.82. The fourth-order valence-corrected chi connectivity index (χ4v) is 4.01. The van der Waals surface area contributed by atoms with E-state index in [1.807, 2.05) is 0 Å². The van der Waals surface area contributed by atoms with Gasteiger partial charge in [-0.3, -0.25) is 4.79 Å². The van der Waals surface area contributed by atoms with Crippen LogP contribution >= 0.6 is 11.6 Å². The van der Waals surface area contributed by atoms with Crippen LogP contribution in [-0.4, -0.2) is 31.6 Å². The van der Waals surface area contributed by atoms with E-state index in [9.17, 15) is 13.2 Å². The molecule has 1 aliphatic heterocycles. The van der Waals surface area contributed by atoms with Crippen LogP contribution in [-0.2, 0) is 10.0 Å². The molecule has 0 aliphatic carbocycles. The number of carbonyl (C=O) groups excluding carboxylic acids is 1. The normalized spacial score (nSPS) is 17.0. The smallest absolute Gasteiger partial charge is 0.244 e. The lowest BCUT2D eigenvalue weighted by Crippen LogP contribution is -2.28. The molecule has 0 atom stereocenters. The third-order valence-electron chi connectivity index (χ3n) is 3.02. The summed E-state index contributed by atoms with van der Waals surface area (Å²) in [5, 5.41) is 0.159. The number of sulfonamides is 1. The van der Waals surface area contributed by atoms with E-state index in [2.05, 4.69) is 0 Å². The number of hydrogen-bond acceptors (Lipinski definition) is 3. The molecular formula is C12H14ClNO3S. The maximum absolute atomic E-state index is 12.4. The molecule has 0 unspecified atom stereocenters. The second-order valence-corrected chi connectivity index (χ2v) is 6.63. The second kappa shape index (κ2) is 4.99. The van der Waals surface area contributed by atoms with Crippen molar-refractivity contribution in [1.82, 2.24) is 4.31 Å². The Hall–Kier alpha value is -0.910. The first kappa shape index (κ1) is 13.5. The average molecular weight is 288 g/mol. The van der Waals surface area contributed by atoms with Gasteiger partial charge in [0.2, 0.25) is 10.0 Å². The Morgan fingerprint density at radius 2 is 1.89 bits per heavy atom. The van der Waals surface area contributed by atoms with Crippen molar-refractivity contribution in [1.29, 1.82) is 0 Å². The molecule has 1 heterocycles. The number of halogens is 1. The van der Waals surface area contributed by atoms with Crippen molar-refractivity contribution in [3.05, 3.63) is 28.8 Å². The minimum absolute atomic E-state index is 0.0266. The number of carbonyl (C=O) groups is 1. The summed E-state index contributed by atoms with van der Waals surface area (Å²) in [6.07, 6.45) is 1.73. The maximum atomic E-state index is 12.4. The van der Waals surface area contributed by atoms with Crippen LogP contribution < -0.4 is 0 Å². The molecule has 18 heavy (non-hydrogen) atoms. The fourth-order valence-electron chi connectivity index (χ4n) is 1.99. The molecular weight excluding hydrogens is 274 g/mol. The summed E-state index contributed by atoms with van der Waals surface area (Å²) in [7, 11) is -3.58. The van der Waals surface area contributed by atoms with Gasteiger partial charge in [-0.15, -0.1) is 0 Å². The summed E-state index contributed by atoms with van der Waals surface area (Å²) in [5.41, 5.74) is 0.358. The Labute approximate surface area is 112 Å². The largest absolute Gasteiger partial charge is 0.295 e. The topological polar surface area (TPSA) is 54.5 Å². The van der Waals surface area contributed by atoms with Crippen molar-refractivity contribution >= 4 is 27.4 Å². The molecule has 6 heteroatoms. The first-order valence-corrected chi connectivity index (χ1v) is 7.55. The van der Waals surface area contributed by atoms with Crippen molar-refractivity contribution in [2.24, 2.45) is 0 Å². The fraction of sp³-hybridized carbons (Fsp3) is 0.417. The quantitative estimate of drug-likeness (QED) is 0.802. The second-order valence-electron chi connectivity index (χ2n) is 4.31. The van der Waals surface area contributed by atoms with E-state index in [-0.39, 0.29) is 15.7 Å². The SMILES string of the molecule is CC(=O)c1ccc(Cl)c(S(=O)(=O)N2CCCC2)c1. The van der Waals surface area contributed by atoms with E-state index in [0.717, 1.165) is 12.8 Å². The third kappa shape index (κ3) is 2.43. The molecule has 0 bridgehead atoms. The highest BCUT2D eigenvalue weighted by atomic mass is 35.5. The van der Waals surface area contributed by atoms with Crippen LogP contribution in [0.2, 0.25) is 5.02 Å². The van der Waals surface area contributed by atoms with Crippen molar-refractivity contribution in [2.75, 3.05) is 13.1 Å². The standard InChI is InChI=1S/C12H14ClNO3S/c1-9(15)10-4-5-11(13)12(8-10)18(16,17)14-6-2-3-7-14/h4-5,8H,2-3,6-7H2,1H3. The summed E-state index contributed by atoms with van der Waals surface area (Å²) in [5.74, 6) is -0.176. The first-order valence-electron chi connectivity index (χ1n) is 5.73. The number of Topliss-reactive ketones (excluding diaryl/α,β-unsaturated/α-hetero) is 1. The third-order valence-corrected chi connectivity index (χ3v) is 5.40. The van der Waals surface area contributed by atoms with Crippen molar-refractivity contribution in [3.8, 4) is 0 Å². The van der Waals surface area contributed by atoms with Crippen LogP contribution in [0, 0.1) is 0 Å². The lowest BCUT2D eigenvalue weighted by molar-refractivity contribution is 0.101. The molecule has 1 aliphatic rings. The molecule has 1 aromatic carbocycles. The van der Waals surface area contributed by atoms with E-state index >= 15 is 0 Å². The number of hydrogen-bond donors (Lipinski definition) is 0. The number of rotatable bonds is 3. The van der Waals surface area contributed by atoms with Gasteiger partial charge in [-0.2, -0.15) is 4.31 Å². The molecule has 2 rings (SSSR count). The van der Waals surface area contributed by atoms with Crippen LogP contribution in [0.3, 0.4) is 0 Å². The highest BCUT2D eigenvalue weighted by Crippen LogP contribution is 2.28. The Morgan fingerprint density at radius 3 is 2.44 bits per heavy atom. The van der Waals surface area contributed by atoms with Gasteiger partial charge in [0.1, 0.15) is 4.90 Å². The zero-order valence-electron chi connectivity index (χ0n) is 10.0. The van der Waals surface area contributed by atoms with E-state index < -0.39 is 10.0 Å². The Kier molecular flexibility index (Phi) is 3.75. The molecule has 1 fully saturated rings. The van der Waals surface area contributed by atoms with Crippen molar-refractivity contribution in [3.63, 3.8) is 0 Å². The highest BCUT2D eigenvalue weighted by Gasteiger charge is 2.29. The van der Waals surface area contributed by atoms with E-state index in [0.29, 0.717) is 18.7 Å². The number of benzene rings is 1. The molecule has 1 saturated heterocycles. The number of nitrogens with zero attached hydrogens (tertiary/aromatic N) is 1. The molecule has 98 valence electrons. The van der Waals surface area contributed by atoms with E-state index in [4.69, 9.17) is 11.6 Å². The van der Waals surface area contributed by atoms with Crippen molar-refractivity contribution < 1.29 is 13.2 Å². The van der Waals surface area contributed by atoms with E-state index in [1.54, 1.807) is 0 Å². The summed E-state index contributed by atoms with van der Waals surface area (Å²) >= 11 is 5.95. The summed E-state index contributed by atoms with van der Waals surface area (Å²) < 4.78 is 26.1. The van der Waals surface area contributed by atoms with Crippen molar-refractivity contribution in [2.45, 2.75) is 24.7 Å². The highest BCUT2D eigenvalue weighted by molar-refractivity contribution is 7.89. The van der Waals surface area contributed by atoms with Crippen LogP contribution in [0.5, 0.6) is 0 Å². The molecule has 0 N–H and O–H groups in total. The van der Waals surface area contributed by atoms with Gasteiger partial charge >= 0.3 is 0 Å². The Bertz CT molecular complexity index is 577. The number of ketones is 1. The Balaban J connectivity index is 2.49. The molecule has 0 saturated carbocycles. The molecule has 0 spiro atoms. The van der Waals surface area contributed by atoms with Gasteiger partial charge < -0.3 is 0 Å².